The minimum atomic E-state index is 0.567. The van der Waals surface area contributed by atoms with Gasteiger partial charge in [-0.15, -0.1) is 0 Å². The van der Waals surface area contributed by atoms with E-state index in [2.05, 4.69) is 34.0 Å². The van der Waals surface area contributed by atoms with Crippen LogP contribution >= 0.6 is 0 Å². The van der Waals surface area contributed by atoms with Gasteiger partial charge in [0.1, 0.15) is 11.6 Å². The van der Waals surface area contributed by atoms with Crippen LogP contribution < -0.4 is 10.2 Å². The number of piperidine rings is 1. The maximum atomic E-state index is 4.55. The lowest BCUT2D eigenvalue weighted by atomic mass is 9.95. The van der Waals surface area contributed by atoms with Crippen LogP contribution in [0.5, 0.6) is 0 Å². The highest BCUT2D eigenvalue weighted by atomic mass is 15.2. The number of nitrogens with zero attached hydrogens (tertiary/aromatic N) is 3. The van der Waals surface area contributed by atoms with Crippen molar-refractivity contribution in [1.82, 2.24) is 9.97 Å². The average Bonchev–Trinajstić information content (AvgIpc) is 2.32. The highest BCUT2D eigenvalue weighted by molar-refractivity contribution is 5.44. The molecule has 2 rings (SSSR count). The van der Waals surface area contributed by atoms with Crippen molar-refractivity contribution >= 4 is 11.6 Å². The third-order valence-electron chi connectivity index (χ3n) is 3.29. The van der Waals surface area contributed by atoms with Crippen LogP contribution in [0.4, 0.5) is 11.6 Å². The second-order valence-electron chi connectivity index (χ2n) is 4.70. The fraction of sp³-hybridized carbons (Fsp3) is 0.667. The zero-order valence-electron chi connectivity index (χ0n) is 10.3. The van der Waals surface area contributed by atoms with Crippen LogP contribution in [-0.4, -0.2) is 29.6 Å². The van der Waals surface area contributed by atoms with E-state index in [-0.39, 0.29) is 0 Å². The molecular weight excluding hydrogens is 200 g/mol. The van der Waals surface area contributed by atoms with E-state index in [4.69, 9.17) is 0 Å². The molecule has 0 saturated carbocycles. The first-order valence-electron chi connectivity index (χ1n) is 5.97. The van der Waals surface area contributed by atoms with Gasteiger partial charge < -0.3 is 10.2 Å². The van der Waals surface area contributed by atoms with E-state index in [1.807, 2.05) is 13.2 Å². The number of aromatic nitrogens is 2. The Morgan fingerprint density at radius 3 is 2.88 bits per heavy atom. The van der Waals surface area contributed by atoms with Gasteiger partial charge in [0.15, 0.2) is 0 Å². The summed E-state index contributed by atoms with van der Waals surface area (Å²) in [5.41, 5.74) is 0. The number of rotatable bonds is 2. The van der Waals surface area contributed by atoms with E-state index in [9.17, 15) is 0 Å². The van der Waals surface area contributed by atoms with E-state index in [0.29, 0.717) is 6.04 Å². The molecular formula is C12H20N4. The molecule has 1 N–H and O–H groups in total. The number of hydrogen-bond donors (Lipinski definition) is 1. The number of hydrogen-bond acceptors (Lipinski definition) is 4. The first kappa shape index (κ1) is 11.2. The molecule has 1 saturated heterocycles. The van der Waals surface area contributed by atoms with Crippen molar-refractivity contribution in [3.05, 3.63) is 12.4 Å². The Hall–Kier alpha value is -1.32. The second-order valence-corrected chi connectivity index (χ2v) is 4.70. The van der Waals surface area contributed by atoms with E-state index >= 15 is 0 Å². The zero-order chi connectivity index (χ0) is 11.5. The Labute approximate surface area is 97.1 Å². The average molecular weight is 220 g/mol. The lowest BCUT2D eigenvalue weighted by molar-refractivity contribution is 0.388. The van der Waals surface area contributed by atoms with Crippen LogP contribution in [0, 0.1) is 5.92 Å². The summed E-state index contributed by atoms with van der Waals surface area (Å²) in [5, 5.41) is 3.03. The Morgan fingerprint density at radius 2 is 2.12 bits per heavy atom. The molecule has 0 spiro atoms. The summed E-state index contributed by atoms with van der Waals surface area (Å²) in [6, 6.07) is 0.567. The predicted molar refractivity (Wildman–Crippen MR) is 66.8 cm³/mol. The van der Waals surface area contributed by atoms with Gasteiger partial charge in [0.05, 0.1) is 12.4 Å². The molecule has 2 heterocycles. The second kappa shape index (κ2) is 4.68. The quantitative estimate of drug-likeness (QED) is 0.829. The van der Waals surface area contributed by atoms with Gasteiger partial charge in [-0.05, 0) is 25.7 Å². The van der Waals surface area contributed by atoms with E-state index in [1.165, 1.54) is 12.8 Å². The van der Waals surface area contributed by atoms with Gasteiger partial charge in [0, 0.05) is 19.6 Å². The minimum Gasteiger partial charge on any atom is -0.372 e. The SMILES string of the molecule is CNc1cncc(N2CC(C)CCC2C)n1. The molecule has 2 atom stereocenters. The van der Waals surface area contributed by atoms with Crippen molar-refractivity contribution in [3.63, 3.8) is 0 Å². The smallest absolute Gasteiger partial charge is 0.149 e. The molecule has 0 aliphatic carbocycles. The Morgan fingerprint density at radius 1 is 1.31 bits per heavy atom. The van der Waals surface area contributed by atoms with Gasteiger partial charge in [-0.3, -0.25) is 4.98 Å². The Balaban J connectivity index is 2.20. The molecule has 4 nitrogen and oxygen atoms in total. The predicted octanol–water partition coefficient (Wildman–Crippen LogP) is 2.14. The molecule has 0 aromatic carbocycles. The van der Waals surface area contributed by atoms with E-state index in [1.54, 1.807) is 6.20 Å². The normalized spacial score (nSPS) is 25.6. The third-order valence-corrected chi connectivity index (χ3v) is 3.29. The van der Waals surface area contributed by atoms with Crippen molar-refractivity contribution < 1.29 is 0 Å². The highest BCUT2D eigenvalue weighted by Crippen LogP contribution is 2.26. The van der Waals surface area contributed by atoms with Crippen molar-refractivity contribution in [2.75, 3.05) is 23.8 Å². The maximum Gasteiger partial charge on any atom is 0.149 e. The maximum absolute atomic E-state index is 4.55. The van der Waals surface area contributed by atoms with Crippen LogP contribution in [0.25, 0.3) is 0 Å². The van der Waals surface area contributed by atoms with Crippen molar-refractivity contribution in [1.29, 1.82) is 0 Å². The third kappa shape index (κ3) is 2.26. The van der Waals surface area contributed by atoms with Gasteiger partial charge in [0.25, 0.3) is 0 Å². The molecule has 1 aromatic heterocycles. The molecule has 0 amide bonds. The van der Waals surface area contributed by atoms with Gasteiger partial charge in [0.2, 0.25) is 0 Å². The minimum absolute atomic E-state index is 0.567. The van der Waals surface area contributed by atoms with Crippen LogP contribution in [0.15, 0.2) is 12.4 Å². The first-order chi connectivity index (χ1) is 7.70. The highest BCUT2D eigenvalue weighted by Gasteiger charge is 2.24. The number of anilines is 2. The first-order valence-corrected chi connectivity index (χ1v) is 5.97. The largest absolute Gasteiger partial charge is 0.372 e. The van der Waals surface area contributed by atoms with Gasteiger partial charge in [-0.2, -0.15) is 0 Å². The molecule has 1 aromatic rings. The molecule has 0 radical (unpaired) electrons. The summed E-state index contributed by atoms with van der Waals surface area (Å²) in [5.74, 6) is 2.57. The summed E-state index contributed by atoms with van der Waals surface area (Å²) in [7, 11) is 1.87. The zero-order valence-corrected chi connectivity index (χ0v) is 10.3. The van der Waals surface area contributed by atoms with Crippen molar-refractivity contribution in [2.45, 2.75) is 32.7 Å². The molecule has 0 bridgehead atoms. The van der Waals surface area contributed by atoms with Crippen molar-refractivity contribution in [3.8, 4) is 0 Å². The summed E-state index contributed by atoms with van der Waals surface area (Å²) >= 11 is 0. The van der Waals surface area contributed by atoms with Crippen LogP contribution in [0.1, 0.15) is 26.7 Å². The van der Waals surface area contributed by atoms with Gasteiger partial charge >= 0.3 is 0 Å². The van der Waals surface area contributed by atoms with E-state index < -0.39 is 0 Å². The molecule has 16 heavy (non-hydrogen) atoms. The Kier molecular flexibility index (Phi) is 3.27. The summed E-state index contributed by atoms with van der Waals surface area (Å²) in [4.78, 5) is 11.1. The topological polar surface area (TPSA) is 41.1 Å². The van der Waals surface area contributed by atoms with Crippen molar-refractivity contribution in [2.24, 2.45) is 5.92 Å². The summed E-state index contributed by atoms with van der Waals surface area (Å²) in [6.07, 6.45) is 6.17. The molecule has 1 aliphatic rings. The van der Waals surface area contributed by atoms with Crippen LogP contribution in [-0.2, 0) is 0 Å². The monoisotopic (exact) mass is 220 g/mol. The molecule has 4 heteroatoms. The molecule has 1 aliphatic heterocycles. The number of nitrogens with one attached hydrogen (secondary N) is 1. The fourth-order valence-electron chi connectivity index (χ4n) is 2.22. The standard InChI is InChI=1S/C12H20N4/c1-9-4-5-10(2)16(8-9)12-7-14-6-11(13-3)15-12/h6-7,9-10H,4-5,8H2,1-3H3,(H,13,15). The fourth-order valence-corrected chi connectivity index (χ4v) is 2.22. The lowest BCUT2D eigenvalue weighted by Gasteiger charge is -2.37. The summed E-state index contributed by atoms with van der Waals surface area (Å²) < 4.78 is 0. The molecule has 1 fully saturated rings. The van der Waals surface area contributed by atoms with E-state index in [0.717, 1.165) is 24.1 Å². The van der Waals surface area contributed by atoms with Gasteiger partial charge in [-0.1, -0.05) is 6.92 Å². The lowest BCUT2D eigenvalue weighted by Crippen LogP contribution is -2.41. The Bertz CT molecular complexity index is 353. The van der Waals surface area contributed by atoms with Gasteiger partial charge in [-0.25, -0.2) is 4.98 Å². The molecule has 88 valence electrons. The molecule has 2 unspecified atom stereocenters. The summed E-state index contributed by atoms with van der Waals surface area (Å²) in [6.45, 7) is 5.65. The van der Waals surface area contributed by atoms with Crippen LogP contribution in [0.3, 0.4) is 0 Å². The van der Waals surface area contributed by atoms with Crippen LogP contribution in [0.2, 0.25) is 0 Å².